The molecule has 0 saturated carbocycles. The number of amides is 2. The third kappa shape index (κ3) is 8.97. The van der Waals surface area contributed by atoms with Crippen molar-refractivity contribution in [2.75, 3.05) is 23.7 Å². The zero-order valence-corrected chi connectivity index (χ0v) is 23.1. The van der Waals surface area contributed by atoms with E-state index >= 15 is 0 Å². The number of hydrogen-bond acceptors (Lipinski definition) is 4. The molecule has 0 bridgehead atoms. The van der Waals surface area contributed by atoms with Crippen molar-refractivity contribution in [2.45, 2.75) is 71.9 Å². The Morgan fingerprint density at radius 1 is 0.917 bits per heavy atom. The summed E-state index contributed by atoms with van der Waals surface area (Å²) in [6, 6.07) is 16.7. The number of sulfonamides is 1. The van der Waals surface area contributed by atoms with Crippen LogP contribution in [0.3, 0.4) is 0 Å². The Bertz CT molecular complexity index is 1070. The number of nitrogens with zero attached hydrogens (tertiary/aromatic N) is 2. The Kier molecular flexibility index (Phi) is 11.4. The molecule has 0 aliphatic carbocycles. The van der Waals surface area contributed by atoms with E-state index in [0.29, 0.717) is 31.5 Å². The van der Waals surface area contributed by atoms with E-state index in [1.807, 2.05) is 70.2 Å². The second kappa shape index (κ2) is 14.0. The number of anilines is 1. The van der Waals surface area contributed by atoms with Gasteiger partial charge in [0.25, 0.3) is 0 Å². The lowest BCUT2D eigenvalue weighted by molar-refractivity contribution is -0.141. The summed E-state index contributed by atoms with van der Waals surface area (Å²) >= 11 is 0. The van der Waals surface area contributed by atoms with Crippen LogP contribution in [0.25, 0.3) is 0 Å². The molecule has 1 unspecified atom stereocenters. The number of nitrogens with one attached hydrogen (secondary N) is 1. The van der Waals surface area contributed by atoms with E-state index in [1.54, 1.807) is 17.0 Å². The van der Waals surface area contributed by atoms with Crippen molar-refractivity contribution in [2.24, 2.45) is 0 Å². The van der Waals surface area contributed by atoms with Gasteiger partial charge < -0.3 is 10.2 Å². The fourth-order valence-electron chi connectivity index (χ4n) is 4.18. The van der Waals surface area contributed by atoms with Gasteiger partial charge in [-0.15, -0.1) is 0 Å². The molecule has 0 aromatic heterocycles. The van der Waals surface area contributed by atoms with Gasteiger partial charge >= 0.3 is 0 Å². The normalized spacial score (nSPS) is 12.3. The molecule has 1 atom stereocenters. The monoisotopic (exact) mass is 515 g/mol. The summed E-state index contributed by atoms with van der Waals surface area (Å²) in [6.07, 6.45) is 3.69. The van der Waals surface area contributed by atoms with Crippen LogP contribution in [0.5, 0.6) is 0 Å². The Labute approximate surface area is 216 Å². The van der Waals surface area contributed by atoms with Crippen LogP contribution in [-0.4, -0.2) is 56.6 Å². The van der Waals surface area contributed by atoms with Crippen LogP contribution in [0.4, 0.5) is 5.69 Å². The average molecular weight is 516 g/mol. The van der Waals surface area contributed by atoms with E-state index in [1.165, 1.54) is 10.6 Å². The molecule has 0 spiro atoms. The maximum atomic E-state index is 13.4. The number of hydrogen-bond donors (Lipinski definition) is 1. The lowest BCUT2D eigenvalue weighted by atomic mass is 10.1. The molecule has 1 N–H and O–H groups in total. The van der Waals surface area contributed by atoms with Gasteiger partial charge in [-0.1, -0.05) is 56.3 Å². The highest BCUT2D eigenvalue weighted by atomic mass is 32.2. The van der Waals surface area contributed by atoms with Crippen LogP contribution < -0.4 is 9.62 Å². The summed E-state index contributed by atoms with van der Waals surface area (Å²) in [4.78, 5) is 27.9. The molecule has 0 radical (unpaired) electrons. The number of rotatable bonds is 14. The van der Waals surface area contributed by atoms with Gasteiger partial charge in [-0.25, -0.2) is 8.42 Å². The summed E-state index contributed by atoms with van der Waals surface area (Å²) in [7, 11) is -3.51. The zero-order chi connectivity index (χ0) is 26.7. The van der Waals surface area contributed by atoms with Crippen LogP contribution >= 0.6 is 0 Å². The Morgan fingerprint density at radius 3 is 2.08 bits per heavy atom. The molecule has 0 aliphatic heterocycles. The summed E-state index contributed by atoms with van der Waals surface area (Å²) in [6.45, 7) is 8.35. The number of benzene rings is 2. The lowest BCUT2D eigenvalue weighted by Gasteiger charge is -2.31. The largest absolute Gasteiger partial charge is 0.352 e. The Balaban J connectivity index is 2.15. The molecule has 2 amide bonds. The molecule has 8 heteroatoms. The van der Waals surface area contributed by atoms with Crippen molar-refractivity contribution in [1.82, 2.24) is 10.2 Å². The molecule has 0 heterocycles. The minimum atomic E-state index is -3.51. The first-order valence-corrected chi connectivity index (χ1v) is 14.6. The molecule has 0 aliphatic rings. The molecule has 36 heavy (non-hydrogen) atoms. The van der Waals surface area contributed by atoms with Crippen molar-refractivity contribution in [1.29, 1.82) is 0 Å². The van der Waals surface area contributed by atoms with E-state index in [0.717, 1.165) is 17.5 Å². The first-order valence-electron chi connectivity index (χ1n) is 12.8. The fraction of sp³-hybridized carbons (Fsp3) is 0.500. The van der Waals surface area contributed by atoms with E-state index in [-0.39, 0.29) is 30.8 Å². The van der Waals surface area contributed by atoms with Crippen molar-refractivity contribution in [3.8, 4) is 0 Å². The Morgan fingerprint density at radius 2 is 1.56 bits per heavy atom. The van der Waals surface area contributed by atoms with Gasteiger partial charge in [-0.05, 0) is 62.8 Å². The number of carbonyl (C=O) groups excluding carboxylic acids is 2. The molecule has 2 aromatic rings. The summed E-state index contributed by atoms with van der Waals surface area (Å²) < 4.78 is 26.3. The zero-order valence-electron chi connectivity index (χ0n) is 22.2. The molecule has 0 fully saturated rings. The van der Waals surface area contributed by atoms with Crippen molar-refractivity contribution in [3.63, 3.8) is 0 Å². The molecule has 198 valence electrons. The van der Waals surface area contributed by atoms with Gasteiger partial charge in [0.2, 0.25) is 21.8 Å². The van der Waals surface area contributed by atoms with Crippen LogP contribution in [0, 0.1) is 0 Å². The molecular weight excluding hydrogens is 474 g/mol. The summed E-state index contributed by atoms with van der Waals surface area (Å²) in [5.41, 5.74) is 2.81. The van der Waals surface area contributed by atoms with Crippen molar-refractivity contribution < 1.29 is 18.0 Å². The smallest absolute Gasteiger partial charge is 0.242 e. The van der Waals surface area contributed by atoms with Crippen LogP contribution in [0.2, 0.25) is 0 Å². The molecule has 0 saturated heterocycles. The summed E-state index contributed by atoms with van der Waals surface area (Å²) in [5.74, 6) is -0.311. The molecule has 2 rings (SSSR count). The quantitative estimate of drug-likeness (QED) is 0.409. The van der Waals surface area contributed by atoms with Gasteiger partial charge in [-0.2, -0.15) is 0 Å². The fourth-order valence-corrected chi connectivity index (χ4v) is 5.14. The number of carbonyl (C=O) groups is 2. The lowest BCUT2D eigenvalue weighted by Crippen LogP contribution is -2.51. The van der Waals surface area contributed by atoms with Gasteiger partial charge in [0, 0.05) is 25.6 Å². The predicted molar refractivity (Wildman–Crippen MR) is 146 cm³/mol. The second-order valence-electron chi connectivity index (χ2n) is 9.37. The van der Waals surface area contributed by atoms with Gasteiger partial charge in [0.05, 0.1) is 11.9 Å². The third-order valence-corrected chi connectivity index (χ3v) is 7.28. The SMILES string of the molecule is CCc1ccc(N(CCCC(=O)N(CCc2ccccc2)C(CC)C(=O)NC(C)C)S(C)(=O)=O)cc1. The first-order chi connectivity index (χ1) is 17.1. The standard InChI is InChI=1S/C28H41N3O4S/c1-6-23-15-17-25(18-16-23)31(36(5,34)35)20-11-14-27(32)30(21-19-24-12-9-8-10-13-24)26(7-2)28(33)29-22(3)4/h8-10,12-13,15-18,22,26H,6-7,11,14,19-21H2,1-5H3,(H,29,33). The van der Waals surface area contributed by atoms with E-state index in [2.05, 4.69) is 5.32 Å². The predicted octanol–water partition coefficient (Wildman–Crippen LogP) is 4.17. The van der Waals surface area contributed by atoms with E-state index in [9.17, 15) is 18.0 Å². The minimum Gasteiger partial charge on any atom is -0.352 e. The van der Waals surface area contributed by atoms with Crippen LogP contribution in [0.1, 0.15) is 58.1 Å². The van der Waals surface area contributed by atoms with Gasteiger partial charge in [0.15, 0.2) is 0 Å². The maximum Gasteiger partial charge on any atom is 0.242 e. The topological polar surface area (TPSA) is 86.8 Å². The molecule has 7 nitrogen and oxygen atoms in total. The highest BCUT2D eigenvalue weighted by Crippen LogP contribution is 2.20. The van der Waals surface area contributed by atoms with Crippen LogP contribution in [-0.2, 0) is 32.5 Å². The molecular formula is C28H41N3O4S. The maximum absolute atomic E-state index is 13.4. The second-order valence-corrected chi connectivity index (χ2v) is 11.3. The van der Waals surface area contributed by atoms with Crippen molar-refractivity contribution in [3.05, 3.63) is 65.7 Å². The summed E-state index contributed by atoms with van der Waals surface area (Å²) in [5, 5.41) is 2.93. The highest BCUT2D eigenvalue weighted by Gasteiger charge is 2.28. The van der Waals surface area contributed by atoms with E-state index in [4.69, 9.17) is 0 Å². The van der Waals surface area contributed by atoms with Crippen molar-refractivity contribution >= 4 is 27.5 Å². The Hall–Kier alpha value is -2.87. The minimum absolute atomic E-state index is 0.0277. The third-order valence-electron chi connectivity index (χ3n) is 6.09. The highest BCUT2D eigenvalue weighted by molar-refractivity contribution is 7.92. The van der Waals surface area contributed by atoms with Gasteiger partial charge in [0.1, 0.15) is 6.04 Å². The van der Waals surface area contributed by atoms with Gasteiger partial charge in [-0.3, -0.25) is 13.9 Å². The van der Waals surface area contributed by atoms with Crippen LogP contribution in [0.15, 0.2) is 54.6 Å². The number of aryl methyl sites for hydroxylation is 1. The molecule has 2 aromatic carbocycles. The first kappa shape index (κ1) is 29.4. The van der Waals surface area contributed by atoms with E-state index < -0.39 is 16.1 Å². The average Bonchev–Trinajstić information content (AvgIpc) is 2.83.